The van der Waals surface area contributed by atoms with Gasteiger partial charge in [0.1, 0.15) is 18.2 Å². The number of hydrogen-bond acceptors (Lipinski definition) is 4. The van der Waals surface area contributed by atoms with E-state index in [-0.39, 0.29) is 11.0 Å². The number of hydrogen-bond donors (Lipinski definition) is 0. The van der Waals surface area contributed by atoms with Gasteiger partial charge in [-0.3, -0.25) is 4.79 Å². The molecule has 8 heteroatoms. The van der Waals surface area contributed by atoms with Crippen LogP contribution in [0.5, 0.6) is 5.75 Å². The molecule has 1 aromatic heterocycles. The summed E-state index contributed by atoms with van der Waals surface area (Å²) >= 11 is 9.14. The Bertz CT molecular complexity index is 1440. The van der Waals surface area contributed by atoms with Crippen LogP contribution in [0.2, 0.25) is 0 Å². The van der Waals surface area contributed by atoms with Crippen molar-refractivity contribution in [1.29, 1.82) is 0 Å². The van der Waals surface area contributed by atoms with Crippen molar-refractivity contribution < 1.29 is 4.74 Å². The fourth-order valence-electron chi connectivity index (χ4n) is 3.32. The average molecular weight is 695 g/mol. The van der Waals surface area contributed by atoms with E-state index in [4.69, 9.17) is 9.72 Å². The third-order valence-electron chi connectivity index (χ3n) is 5.06. The zero-order valence-electron chi connectivity index (χ0n) is 18.8. The van der Waals surface area contributed by atoms with Gasteiger partial charge in [-0.25, -0.2) is 4.98 Å². The predicted octanol–water partition coefficient (Wildman–Crippen LogP) is 7.28. The van der Waals surface area contributed by atoms with E-state index in [9.17, 15) is 4.79 Å². The zero-order valence-corrected chi connectivity index (χ0v) is 24.2. The summed E-state index contributed by atoms with van der Waals surface area (Å²) in [7, 11) is 0. The summed E-state index contributed by atoms with van der Waals surface area (Å²) in [4.78, 5) is 18.1. The molecule has 0 saturated heterocycles. The topological polar surface area (TPSA) is 56.5 Å². The molecule has 34 heavy (non-hydrogen) atoms. The van der Waals surface area contributed by atoms with Crippen molar-refractivity contribution in [3.05, 3.63) is 100 Å². The third kappa shape index (κ3) is 5.78. The van der Waals surface area contributed by atoms with Gasteiger partial charge in [0.25, 0.3) is 5.56 Å². The molecule has 0 aliphatic rings. The maximum atomic E-state index is 13.3. The molecule has 5 nitrogen and oxygen atoms in total. The highest BCUT2D eigenvalue weighted by atomic mass is 127. The number of aromatic nitrogens is 2. The average Bonchev–Trinajstić information content (AvgIpc) is 2.78. The Kier molecular flexibility index (Phi) is 7.59. The predicted molar refractivity (Wildman–Crippen MR) is 153 cm³/mol. The van der Waals surface area contributed by atoms with Crippen molar-refractivity contribution >= 4 is 71.6 Å². The van der Waals surface area contributed by atoms with Gasteiger partial charge in [-0.15, -0.1) is 0 Å². The van der Waals surface area contributed by atoms with Crippen LogP contribution in [-0.2, 0) is 12.0 Å². The summed E-state index contributed by atoms with van der Waals surface area (Å²) in [5.41, 5.74) is 2.05. The molecule has 0 spiro atoms. The van der Waals surface area contributed by atoms with Crippen LogP contribution in [-0.4, -0.2) is 15.9 Å². The van der Waals surface area contributed by atoms with Gasteiger partial charge >= 0.3 is 0 Å². The fourth-order valence-corrected chi connectivity index (χ4v) is 4.64. The first kappa shape index (κ1) is 25.1. The van der Waals surface area contributed by atoms with Crippen LogP contribution >= 0.6 is 54.5 Å². The largest absolute Gasteiger partial charge is 0.488 e. The molecule has 3 aromatic carbocycles. The third-order valence-corrected chi connectivity index (χ3v) is 6.93. The normalized spacial score (nSPS) is 11.9. The highest BCUT2D eigenvalue weighted by molar-refractivity contribution is 14.1. The van der Waals surface area contributed by atoms with Gasteiger partial charge in [-0.2, -0.15) is 9.78 Å². The van der Waals surface area contributed by atoms with Crippen molar-refractivity contribution in [2.75, 3.05) is 0 Å². The van der Waals surface area contributed by atoms with Crippen LogP contribution in [0.1, 0.15) is 37.7 Å². The molecule has 0 fully saturated rings. The van der Waals surface area contributed by atoms with E-state index in [0.29, 0.717) is 23.3 Å². The minimum absolute atomic E-state index is 0.198. The molecule has 0 unspecified atom stereocenters. The molecule has 0 saturated carbocycles. The Morgan fingerprint density at radius 2 is 1.74 bits per heavy atom. The molecule has 1 heterocycles. The van der Waals surface area contributed by atoms with Crippen molar-refractivity contribution in [3.63, 3.8) is 0 Å². The van der Waals surface area contributed by atoms with Crippen molar-refractivity contribution in [3.8, 4) is 5.75 Å². The molecule has 4 rings (SSSR count). The van der Waals surface area contributed by atoms with E-state index in [1.165, 1.54) is 4.68 Å². The lowest BCUT2D eigenvalue weighted by molar-refractivity contribution is 0.304. The summed E-state index contributed by atoms with van der Waals surface area (Å²) in [6, 6.07) is 19.4. The van der Waals surface area contributed by atoms with Gasteiger partial charge in [0.2, 0.25) is 0 Å². The van der Waals surface area contributed by atoms with E-state index in [2.05, 4.69) is 59.6 Å². The summed E-state index contributed by atoms with van der Waals surface area (Å²) in [5, 5.41) is 5.07. The Morgan fingerprint density at radius 3 is 2.41 bits per heavy atom. The first-order valence-electron chi connectivity index (χ1n) is 10.6. The Balaban J connectivity index is 1.63. The molecule has 0 radical (unpaired) electrons. The first-order chi connectivity index (χ1) is 16.1. The lowest BCUT2D eigenvalue weighted by Crippen LogP contribution is -2.29. The number of ether oxygens (including phenoxy) is 1. The number of fused-ring (bicyclic) bond motifs is 1. The second kappa shape index (κ2) is 10.3. The smallest absolute Gasteiger partial charge is 0.282 e. The van der Waals surface area contributed by atoms with Crippen LogP contribution < -0.4 is 10.3 Å². The Morgan fingerprint density at radius 1 is 1.03 bits per heavy atom. The minimum atomic E-state index is -0.364. The lowest BCUT2D eigenvalue weighted by atomic mass is 9.95. The van der Waals surface area contributed by atoms with E-state index < -0.39 is 0 Å². The van der Waals surface area contributed by atoms with E-state index in [0.717, 1.165) is 29.4 Å². The van der Waals surface area contributed by atoms with E-state index in [1.54, 1.807) is 12.3 Å². The molecular formula is C26H22Br2IN3O2. The molecule has 0 amide bonds. The number of nitrogens with zero attached hydrogens (tertiary/aromatic N) is 3. The summed E-state index contributed by atoms with van der Waals surface area (Å²) < 4.78 is 10.2. The van der Waals surface area contributed by atoms with Gasteiger partial charge in [-0.1, -0.05) is 64.8 Å². The highest BCUT2D eigenvalue weighted by Crippen LogP contribution is 2.25. The molecule has 0 aliphatic heterocycles. The second-order valence-corrected chi connectivity index (χ2v) is 11.8. The molecule has 0 bridgehead atoms. The van der Waals surface area contributed by atoms with Gasteiger partial charge in [-0.05, 0) is 82.2 Å². The molecule has 0 atom stereocenters. The van der Waals surface area contributed by atoms with E-state index >= 15 is 0 Å². The summed E-state index contributed by atoms with van der Waals surface area (Å²) in [6.07, 6.45) is 1.68. The SMILES string of the molecule is CC(C)(C)c1nc2ccc(Br)cc2c(=O)n1N=Cc1ccc(OCc2ccc(Br)cc2)c(I)c1. The van der Waals surface area contributed by atoms with Crippen LogP contribution in [0.3, 0.4) is 0 Å². The Hall–Kier alpha value is -2.04. The summed E-state index contributed by atoms with van der Waals surface area (Å²) in [5.74, 6) is 1.40. The van der Waals surface area contributed by atoms with Crippen LogP contribution in [0.25, 0.3) is 10.9 Å². The quantitative estimate of drug-likeness (QED) is 0.163. The molecule has 174 valence electrons. The van der Waals surface area contributed by atoms with Crippen molar-refractivity contribution in [2.24, 2.45) is 5.10 Å². The monoisotopic (exact) mass is 693 g/mol. The highest BCUT2D eigenvalue weighted by Gasteiger charge is 2.22. The Labute approximate surface area is 228 Å². The maximum absolute atomic E-state index is 13.3. The molecule has 0 N–H and O–H groups in total. The number of halogens is 3. The lowest BCUT2D eigenvalue weighted by Gasteiger charge is -2.20. The fraction of sp³-hybridized carbons (Fsp3) is 0.192. The van der Waals surface area contributed by atoms with Crippen molar-refractivity contribution in [1.82, 2.24) is 9.66 Å². The standard InChI is InChI=1S/C26H22Br2IN3O2/c1-26(2,3)25-31-22-10-9-19(28)13-20(22)24(33)32(25)30-14-17-6-11-23(21(29)12-17)34-15-16-4-7-18(27)8-5-16/h4-14H,15H2,1-3H3. The molecular weight excluding hydrogens is 673 g/mol. The second-order valence-electron chi connectivity index (χ2n) is 8.81. The number of benzene rings is 3. The van der Waals surface area contributed by atoms with Crippen LogP contribution in [0, 0.1) is 3.57 Å². The minimum Gasteiger partial charge on any atom is -0.488 e. The maximum Gasteiger partial charge on any atom is 0.282 e. The van der Waals surface area contributed by atoms with Crippen molar-refractivity contribution in [2.45, 2.75) is 32.8 Å². The van der Waals surface area contributed by atoms with Gasteiger partial charge < -0.3 is 4.74 Å². The van der Waals surface area contributed by atoms with Crippen LogP contribution in [0.4, 0.5) is 0 Å². The molecule has 0 aliphatic carbocycles. The van der Waals surface area contributed by atoms with Gasteiger partial charge in [0.05, 0.1) is 20.7 Å². The van der Waals surface area contributed by atoms with Gasteiger partial charge in [0.15, 0.2) is 0 Å². The summed E-state index contributed by atoms with van der Waals surface area (Å²) in [6.45, 7) is 6.54. The van der Waals surface area contributed by atoms with Crippen LogP contribution in [0.15, 0.2) is 79.5 Å². The zero-order chi connectivity index (χ0) is 24.5. The van der Waals surface area contributed by atoms with E-state index in [1.807, 2.05) is 75.4 Å². The first-order valence-corrected chi connectivity index (χ1v) is 13.2. The van der Waals surface area contributed by atoms with Gasteiger partial charge in [0, 0.05) is 14.4 Å². The number of rotatable bonds is 5. The molecule has 4 aromatic rings.